The molecule has 0 fully saturated rings. The van der Waals surface area contributed by atoms with Crippen LogP contribution in [0.25, 0.3) is 10.9 Å². The van der Waals surface area contributed by atoms with Crippen LogP contribution in [-0.2, 0) is 0 Å². The lowest BCUT2D eigenvalue weighted by atomic mass is 10.1. The fourth-order valence-electron chi connectivity index (χ4n) is 3.10. The number of amides is 1. The van der Waals surface area contributed by atoms with Crippen molar-refractivity contribution in [1.82, 2.24) is 10.3 Å². The Labute approximate surface area is 157 Å². The van der Waals surface area contributed by atoms with Crippen molar-refractivity contribution >= 4 is 17.0 Å². The van der Waals surface area contributed by atoms with Gasteiger partial charge in [-0.05, 0) is 18.6 Å². The van der Waals surface area contributed by atoms with Crippen molar-refractivity contribution in [3.63, 3.8) is 0 Å². The van der Waals surface area contributed by atoms with E-state index in [1.165, 1.54) is 51.4 Å². The summed E-state index contributed by atoms with van der Waals surface area (Å²) in [6.45, 7) is 2.91. The first-order valence-electron chi connectivity index (χ1n) is 10.1. The summed E-state index contributed by atoms with van der Waals surface area (Å²) in [6, 6.07) is 9.43. The fourth-order valence-corrected chi connectivity index (χ4v) is 3.10. The molecule has 0 atom stereocenters. The van der Waals surface area contributed by atoms with Gasteiger partial charge in [0.05, 0.1) is 0 Å². The molecule has 1 heterocycles. The largest absolute Gasteiger partial charge is 0.412 e. The number of unbranched alkanes of at least 4 members (excludes halogenated alkanes) is 9. The molecule has 1 amide bonds. The van der Waals surface area contributed by atoms with Gasteiger partial charge in [-0.2, -0.15) is 0 Å². The van der Waals surface area contributed by atoms with Crippen LogP contribution in [0.4, 0.5) is 4.79 Å². The maximum absolute atomic E-state index is 12.0. The van der Waals surface area contributed by atoms with Crippen molar-refractivity contribution in [2.75, 3.05) is 6.54 Å². The maximum Gasteiger partial charge on any atom is 0.412 e. The van der Waals surface area contributed by atoms with E-state index in [2.05, 4.69) is 17.2 Å². The number of carbonyl (C=O) groups is 1. The van der Waals surface area contributed by atoms with Crippen LogP contribution < -0.4 is 10.1 Å². The lowest BCUT2D eigenvalue weighted by molar-refractivity contribution is 0.200. The van der Waals surface area contributed by atoms with Gasteiger partial charge in [-0.1, -0.05) is 82.9 Å². The molecule has 26 heavy (non-hydrogen) atoms. The van der Waals surface area contributed by atoms with Gasteiger partial charge in [0.25, 0.3) is 0 Å². The minimum absolute atomic E-state index is 0.404. The van der Waals surface area contributed by atoms with Gasteiger partial charge < -0.3 is 10.1 Å². The van der Waals surface area contributed by atoms with Crippen LogP contribution in [0.2, 0.25) is 0 Å². The van der Waals surface area contributed by atoms with Crippen LogP contribution >= 0.6 is 0 Å². The second-order valence-corrected chi connectivity index (χ2v) is 6.83. The monoisotopic (exact) mass is 356 g/mol. The van der Waals surface area contributed by atoms with Crippen LogP contribution in [0, 0.1) is 0 Å². The summed E-state index contributed by atoms with van der Waals surface area (Å²) in [5.74, 6) is 0.503. The topological polar surface area (TPSA) is 51.2 Å². The molecule has 1 aromatic carbocycles. The van der Waals surface area contributed by atoms with E-state index in [-0.39, 0.29) is 0 Å². The van der Waals surface area contributed by atoms with Crippen LogP contribution in [0.1, 0.15) is 71.1 Å². The van der Waals surface area contributed by atoms with Gasteiger partial charge in [-0.3, -0.25) is 4.98 Å². The summed E-state index contributed by atoms with van der Waals surface area (Å²) in [6.07, 6.45) is 14.2. The Balaban J connectivity index is 1.54. The normalized spacial score (nSPS) is 10.8. The predicted molar refractivity (Wildman–Crippen MR) is 108 cm³/mol. The number of rotatable bonds is 12. The molecule has 4 heteroatoms. The third kappa shape index (κ3) is 7.42. The number of hydrogen-bond donors (Lipinski definition) is 1. The highest BCUT2D eigenvalue weighted by Gasteiger charge is 2.08. The summed E-state index contributed by atoms with van der Waals surface area (Å²) in [4.78, 5) is 16.2. The molecule has 2 aromatic rings. The highest BCUT2D eigenvalue weighted by atomic mass is 16.6. The summed E-state index contributed by atoms with van der Waals surface area (Å²) >= 11 is 0. The summed E-state index contributed by atoms with van der Waals surface area (Å²) in [5, 5.41) is 3.80. The molecule has 1 aromatic heterocycles. The van der Waals surface area contributed by atoms with Gasteiger partial charge in [-0.15, -0.1) is 0 Å². The number of carbonyl (C=O) groups excluding carboxylic acids is 1. The minimum Gasteiger partial charge on any atom is -0.408 e. The van der Waals surface area contributed by atoms with Gasteiger partial charge in [-0.25, -0.2) is 4.79 Å². The zero-order chi connectivity index (χ0) is 18.5. The Bertz CT molecular complexity index is 652. The second kappa shape index (κ2) is 12.3. The number of nitrogens with zero attached hydrogens (tertiary/aromatic N) is 1. The summed E-state index contributed by atoms with van der Waals surface area (Å²) in [7, 11) is 0. The Kier molecular flexibility index (Phi) is 9.55. The number of pyridine rings is 1. The number of hydrogen-bond acceptors (Lipinski definition) is 3. The minimum atomic E-state index is -0.404. The molecule has 0 radical (unpaired) electrons. The zero-order valence-corrected chi connectivity index (χ0v) is 16.0. The molecule has 0 spiro atoms. The Morgan fingerprint density at radius 3 is 2.31 bits per heavy atom. The average molecular weight is 357 g/mol. The van der Waals surface area contributed by atoms with Crippen molar-refractivity contribution in [2.45, 2.75) is 71.1 Å². The first-order chi connectivity index (χ1) is 12.8. The molecule has 142 valence electrons. The number of aromatic nitrogens is 1. The van der Waals surface area contributed by atoms with Gasteiger partial charge in [0.15, 0.2) is 5.75 Å². The number of fused-ring (bicyclic) bond motifs is 1. The predicted octanol–water partition coefficient (Wildman–Crippen LogP) is 6.24. The lowest BCUT2D eigenvalue weighted by Gasteiger charge is -2.08. The first kappa shape index (κ1) is 20.2. The van der Waals surface area contributed by atoms with Crippen molar-refractivity contribution in [3.05, 3.63) is 36.5 Å². The van der Waals surface area contributed by atoms with Crippen LogP contribution in [0.5, 0.6) is 5.75 Å². The molecule has 0 aliphatic carbocycles. The van der Waals surface area contributed by atoms with E-state index in [1.54, 1.807) is 12.3 Å². The van der Waals surface area contributed by atoms with E-state index < -0.39 is 6.09 Å². The molecule has 0 unspecified atom stereocenters. The van der Waals surface area contributed by atoms with E-state index in [0.717, 1.165) is 18.2 Å². The van der Waals surface area contributed by atoms with E-state index in [4.69, 9.17) is 4.74 Å². The van der Waals surface area contributed by atoms with Crippen molar-refractivity contribution < 1.29 is 9.53 Å². The van der Waals surface area contributed by atoms with Crippen molar-refractivity contribution in [1.29, 1.82) is 0 Å². The van der Waals surface area contributed by atoms with Gasteiger partial charge in [0, 0.05) is 18.1 Å². The summed E-state index contributed by atoms with van der Waals surface area (Å²) < 4.78 is 5.41. The average Bonchev–Trinajstić information content (AvgIpc) is 2.66. The molecule has 0 saturated carbocycles. The quantitative estimate of drug-likeness (QED) is 0.458. The standard InChI is InChI=1S/C22H32N2O2/c1-2-3-4-5-6-7-8-9-10-11-17-24-22(25)26-20-16-12-14-19-15-13-18-23-21(19)20/h12-16,18H,2-11,17H2,1H3,(H,24,25). The highest BCUT2D eigenvalue weighted by molar-refractivity contribution is 5.86. The maximum atomic E-state index is 12.0. The zero-order valence-electron chi connectivity index (χ0n) is 16.0. The van der Waals surface area contributed by atoms with Gasteiger partial charge in [0.2, 0.25) is 0 Å². The molecule has 0 aliphatic heterocycles. The van der Waals surface area contributed by atoms with Crippen LogP contribution in [-0.4, -0.2) is 17.6 Å². The first-order valence-corrected chi connectivity index (χ1v) is 10.1. The van der Waals surface area contributed by atoms with E-state index in [9.17, 15) is 4.79 Å². The Morgan fingerprint density at radius 2 is 1.58 bits per heavy atom. The highest BCUT2D eigenvalue weighted by Crippen LogP contribution is 2.22. The molecular formula is C22H32N2O2. The second-order valence-electron chi connectivity index (χ2n) is 6.83. The number of para-hydroxylation sites is 1. The SMILES string of the molecule is CCCCCCCCCCCCNC(=O)Oc1cccc2cccnc12. The lowest BCUT2D eigenvalue weighted by Crippen LogP contribution is -2.27. The number of nitrogens with one attached hydrogen (secondary N) is 1. The van der Waals surface area contributed by atoms with Crippen molar-refractivity contribution in [2.24, 2.45) is 0 Å². The van der Waals surface area contributed by atoms with E-state index >= 15 is 0 Å². The number of benzene rings is 1. The van der Waals surface area contributed by atoms with Gasteiger partial charge in [0.1, 0.15) is 5.52 Å². The van der Waals surface area contributed by atoms with Gasteiger partial charge >= 0.3 is 6.09 Å². The Hall–Kier alpha value is -2.10. The van der Waals surface area contributed by atoms with E-state index in [1.807, 2.05) is 24.3 Å². The molecule has 4 nitrogen and oxygen atoms in total. The molecule has 0 saturated heterocycles. The molecule has 0 aliphatic rings. The molecular weight excluding hydrogens is 324 g/mol. The molecule has 0 bridgehead atoms. The van der Waals surface area contributed by atoms with E-state index in [0.29, 0.717) is 17.8 Å². The third-order valence-corrected chi connectivity index (χ3v) is 4.60. The Morgan fingerprint density at radius 1 is 0.923 bits per heavy atom. The van der Waals surface area contributed by atoms with Crippen LogP contribution in [0.15, 0.2) is 36.5 Å². The third-order valence-electron chi connectivity index (χ3n) is 4.60. The number of ether oxygens (including phenoxy) is 1. The smallest absolute Gasteiger partial charge is 0.408 e. The fraction of sp³-hybridized carbons (Fsp3) is 0.545. The van der Waals surface area contributed by atoms with Crippen LogP contribution in [0.3, 0.4) is 0 Å². The summed E-state index contributed by atoms with van der Waals surface area (Å²) in [5.41, 5.74) is 0.712. The molecule has 1 N–H and O–H groups in total. The van der Waals surface area contributed by atoms with Crippen molar-refractivity contribution in [3.8, 4) is 5.75 Å². The molecule has 2 rings (SSSR count).